The Morgan fingerprint density at radius 2 is 2.11 bits per heavy atom. The molecular formula is C13H11BrN4O. The van der Waals surface area contributed by atoms with Crippen molar-refractivity contribution in [1.82, 2.24) is 14.6 Å². The molecule has 2 aromatic heterocycles. The minimum absolute atomic E-state index is 0.184. The third kappa shape index (κ3) is 2.04. The van der Waals surface area contributed by atoms with Crippen molar-refractivity contribution in [3.63, 3.8) is 0 Å². The van der Waals surface area contributed by atoms with Crippen LogP contribution < -0.4 is 11.3 Å². The number of hydrogen-bond acceptors (Lipinski definition) is 3. The first kappa shape index (κ1) is 12.0. The molecule has 96 valence electrons. The summed E-state index contributed by atoms with van der Waals surface area (Å²) < 4.78 is 2.27. The predicted octanol–water partition coefficient (Wildman–Crippen LogP) is 2.34. The smallest absolute Gasteiger partial charge is 0.273 e. The molecule has 0 aliphatic rings. The van der Waals surface area contributed by atoms with Gasteiger partial charge in [-0.25, -0.2) is 4.98 Å². The van der Waals surface area contributed by atoms with Crippen LogP contribution in [0.1, 0.15) is 5.56 Å². The molecule has 0 fully saturated rings. The van der Waals surface area contributed by atoms with Crippen molar-refractivity contribution in [2.75, 3.05) is 5.73 Å². The Balaban J connectivity index is 2.31. The molecular weight excluding hydrogens is 308 g/mol. The number of rotatable bonds is 1. The Bertz CT molecular complexity index is 834. The molecule has 0 aliphatic heterocycles. The summed E-state index contributed by atoms with van der Waals surface area (Å²) in [5, 5.41) is 2.74. The fraction of sp³-hybridized carbons (Fsp3) is 0.0769. The van der Waals surface area contributed by atoms with Crippen molar-refractivity contribution in [2.24, 2.45) is 0 Å². The molecule has 0 atom stereocenters. The van der Waals surface area contributed by atoms with E-state index in [-0.39, 0.29) is 5.56 Å². The zero-order chi connectivity index (χ0) is 13.6. The van der Waals surface area contributed by atoms with Crippen LogP contribution in [-0.2, 0) is 0 Å². The first-order valence-electron chi connectivity index (χ1n) is 5.69. The number of nitrogen functional groups attached to an aromatic ring is 1. The number of fused-ring (bicyclic) bond motifs is 1. The van der Waals surface area contributed by atoms with Gasteiger partial charge in [-0.3, -0.25) is 9.89 Å². The number of aryl methyl sites for hydroxylation is 1. The van der Waals surface area contributed by atoms with E-state index in [0.717, 1.165) is 15.6 Å². The number of nitrogens with two attached hydrogens (primary N) is 1. The number of anilines is 1. The monoisotopic (exact) mass is 318 g/mol. The lowest BCUT2D eigenvalue weighted by Gasteiger charge is -2.05. The van der Waals surface area contributed by atoms with Crippen LogP contribution in [0.2, 0.25) is 0 Å². The summed E-state index contributed by atoms with van der Waals surface area (Å²) in [5.41, 5.74) is 8.59. The van der Waals surface area contributed by atoms with Crippen LogP contribution in [0.3, 0.4) is 0 Å². The van der Waals surface area contributed by atoms with Crippen molar-refractivity contribution in [3.8, 4) is 11.3 Å². The average molecular weight is 319 g/mol. The van der Waals surface area contributed by atoms with Crippen molar-refractivity contribution < 1.29 is 0 Å². The molecule has 19 heavy (non-hydrogen) atoms. The van der Waals surface area contributed by atoms with Crippen molar-refractivity contribution in [2.45, 2.75) is 6.92 Å². The molecule has 0 saturated carbocycles. The number of aromatic nitrogens is 3. The van der Waals surface area contributed by atoms with Gasteiger partial charge >= 0.3 is 0 Å². The first-order valence-corrected chi connectivity index (χ1v) is 6.49. The highest BCUT2D eigenvalue weighted by Crippen LogP contribution is 2.25. The maximum Gasteiger partial charge on any atom is 0.273 e. The van der Waals surface area contributed by atoms with Gasteiger partial charge in [0.1, 0.15) is 5.82 Å². The standard InChI is InChI=1S/C13H11BrN4O/c1-7-2-3-8(14)4-9(7)10-5-13(19)18-12(16-10)6-11(15)17-18/h2-6,17H,15H2,1H3. The molecule has 1 aromatic carbocycles. The van der Waals surface area contributed by atoms with E-state index in [2.05, 4.69) is 26.0 Å². The number of halogens is 1. The molecule has 6 heteroatoms. The molecule has 0 aliphatic carbocycles. The lowest BCUT2D eigenvalue weighted by molar-refractivity contribution is 0.906. The van der Waals surface area contributed by atoms with E-state index >= 15 is 0 Å². The minimum atomic E-state index is -0.184. The molecule has 0 bridgehead atoms. The van der Waals surface area contributed by atoms with Gasteiger partial charge in [0.05, 0.1) is 5.69 Å². The van der Waals surface area contributed by atoms with Gasteiger partial charge in [0.15, 0.2) is 5.65 Å². The highest BCUT2D eigenvalue weighted by atomic mass is 79.9. The number of aromatic amines is 1. The van der Waals surface area contributed by atoms with Crippen LogP contribution >= 0.6 is 15.9 Å². The number of H-pyrrole nitrogens is 1. The van der Waals surface area contributed by atoms with Gasteiger partial charge in [-0.15, -0.1) is 0 Å². The molecule has 3 aromatic rings. The normalized spacial score (nSPS) is 11.1. The van der Waals surface area contributed by atoms with Gasteiger partial charge in [-0.2, -0.15) is 4.52 Å². The number of nitrogens with zero attached hydrogens (tertiary/aromatic N) is 2. The van der Waals surface area contributed by atoms with Gasteiger partial charge in [0.25, 0.3) is 5.56 Å². The number of hydrogen-bond donors (Lipinski definition) is 2. The van der Waals surface area contributed by atoms with Crippen LogP contribution in [0, 0.1) is 6.92 Å². The van der Waals surface area contributed by atoms with E-state index in [1.54, 1.807) is 6.07 Å². The largest absolute Gasteiger partial charge is 0.384 e. The first-order chi connectivity index (χ1) is 9.04. The maximum atomic E-state index is 12.0. The number of benzene rings is 1. The molecule has 0 radical (unpaired) electrons. The van der Waals surface area contributed by atoms with E-state index in [1.807, 2.05) is 25.1 Å². The Hall–Kier alpha value is -2.08. The minimum Gasteiger partial charge on any atom is -0.384 e. The van der Waals surface area contributed by atoms with Gasteiger partial charge in [-0.05, 0) is 24.6 Å². The van der Waals surface area contributed by atoms with Gasteiger partial charge in [0, 0.05) is 22.2 Å². The lowest BCUT2D eigenvalue weighted by Crippen LogP contribution is -2.14. The Morgan fingerprint density at radius 1 is 1.32 bits per heavy atom. The molecule has 0 unspecified atom stereocenters. The van der Waals surface area contributed by atoms with Crippen LogP contribution in [-0.4, -0.2) is 14.6 Å². The van der Waals surface area contributed by atoms with Crippen molar-refractivity contribution >= 4 is 27.4 Å². The Labute approximate surface area is 117 Å². The molecule has 5 nitrogen and oxygen atoms in total. The quantitative estimate of drug-likeness (QED) is 0.723. The van der Waals surface area contributed by atoms with Crippen LogP contribution in [0.25, 0.3) is 16.9 Å². The summed E-state index contributed by atoms with van der Waals surface area (Å²) >= 11 is 3.43. The summed E-state index contributed by atoms with van der Waals surface area (Å²) in [4.78, 5) is 16.5. The van der Waals surface area contributed by atoms with E-state index in [4.69, 9.17) is 5.73 Å². The Kier molecular flexibility index (Phi) is 2.67. The molecule has 2 heterocycles. The summed E-state index contributed by atoms with van der Waals surface area (Å²) in [6.45, 7) is 1.98. The molecule has 3 rings (SSSR count). The lowest BCUT2D eigenvalue weighted by atomic mass is 10.1. The molecule has 0 spiro atoms. The topological polar surface area (TPSA) is 76.2 Å². The molecule has 0 saturated heterocycles. The maximum absolute atomic E-state index is 12.0. The SMILES string of the molecule is Cc1ccc(Br)cc1-c1cc(=O)n2[nH]c(N)cc2n1. The Morgan fingerprint density at radius 3 is 2.89 bits per heavy atom. The highest BCUT2D eigenvalue weighted by Gasteiger charge is 2.09. The molecule has 3 N–H and O–H groups in total. The van der Waals surface area contributed by atoms with E-state index in [9.17, 15) is 4.79 Å². The van der Waals surface area contributed by atoms with Gasteiger partial charge in [0.2, 0.25) is 0 Å². The predicted molar refractivity (Wildman–Crippen MR) is 78.1 cm³/mol. The van der Waals surface area contributed by atoms with E-state index in [1.165, 1.54) is 10.6 Å². The van der Waals surface area contributed by atoms with Crippen LogP contribution in [0.4, 0.5) is 5.82 Å². The van der Waals surface area contributed by atoms with Crippen molar-refractivity contribution in [1.29, 1.82) is 0 Å². The molecule has 0 amide bonds. The van der Waals surface area contributed by atoms with Crippen molar-refractivity contribution in [3.05, 3.63) is 50.7 Å². The highest BCUT2D eigenvalue weighted by molar-refractivity contribution is 9.10. The van der Waals surface area contributed by atoms with Gasteiger partial charge < -0.3 is 5.73 Å². The zero-order valence-electron chi connectivity index (χ0n) is 10.1. The summed E-state index contributed by atoms with van der Waals surface area (Å²) in [6.07, 6.45) is 0. The second-order valence-electron chi connectivity index (χ2n) is 4.34. The average Bonchev–Trinajstić information content (AvgIpc) is 2.73. The third-order valence-electron chi connectivity index (χ3n) is 2.95. The second-order valence-corrected chi connectivity index (χ2v) is 5.26. The summed E-state index contributed by atoms with van der Waals surface area (Å²) in [5.74, 6) is 0.410. The summed E-state index contributed by atoms with van der Waals surface area (Å²) in [6, 6.07) is 9.02. The van der Waals surface area contributed by atoms with Gasteiger partial charge in [-0.1, -0.05) is 22.0 Å². The van der Waals surface area contributed by atoms with Crippen LogP contribution in [0.15, 0.2) is 39.6 Å². The van der Waals surface area contributed by atoms with Crippen LogP contribution in [0.5, 0.6) is 0 Å². The van der Waals surface area contributed by atoms with E-state index in [0.29, 0.717) is 17.2 Å². The third-order valence-corrected chi connectivity index (χ3v) is 3.44. The van der Waals surface area contributed by atoms with E-state index < -0.39 is 0 Å². The second kappa shape index (κ2) is 4.24. The fourth-order valence-electron chi connectivity index (χ4n) is 2.02. The number of nitrogens with one attached hydrogen (secondary N) is 1. The zero-order valence-corrected chi connectivity index (χ0v) is 11.7. The fourth-order valence-corrected chi connectivity index (χ4v) is 2.38. The summed E-state index contributed by atoms with van der Waals surface area (Å²) in [7, 11) is 0.